The molecule has 0 amide bonds. The van der Waals surface area contributed by atoms with Gasteiger partial charge in [0.05, 0.1) is 0 Å². The minimum Gasteiger partial charge on any atom is -0.0943 e. The first-order chi connectivity index (χ1) is 8.43. The summed E-state index contributed by atoms with van der Waals surface area (Å²) in [6, 6.07) is 4.66. The molecule has 19 heavy (non-hydrogen) atoms. The van der Waals surface area contributed by atoms with Gasteiger partial charge in [-0.3, -0.25) is 0 Å². The molecule has 0 radical (unpaired) electrons. The number of hydrogen-bond donors (Lipinski definition) is 0. The van der Waals surface area contributed by atoms with Gasteiger partial charge in [0.25, 0.3) is 0 Å². The van der Waals surface area contributed by atoms with Crippen LogP contribution < -0.4 is 0 Å². The number of hydrogen-bond acceptors (Lipinski definition) is 1. The lowest BCUT2D eigenvalue weighted by molar-refractivity contribution is 0.535. The molecule has 1 aromatic carbocycles. The summed E-state index contributed by atoms with van der Waals surface area (Å²) in [7, 11) is 0. The van der Waals surface area contributed by atoms with Gasteiger partial charge in [-0.05, 0) is 52.3 Å². The molecule has 0 fully saturated rings. The zero-order chi connectivity index (χ0) is 15.0. The van der Waals surface area contributed by atoms with Gasteiger partial charge in [-0.1, -0.05) is 65.9 Å². The van der Waals surface area contributed by atoms with Crippen LogP contribution in [0.3, 0.4) is 0 Å². The van der Waals surface area contributed by atoms with E-state index in [9.17, 15) is 0 Å². The van der Waals surface area contributed by atoms with Crippen molar-refractivity contribution in [2.24, 2.45) is 5.41 Å². The molecule has 0 nitrogen and oxygen atoms in total. The Kier molecular flexibility index (Phi) is 4.62. The Balaban J connectivity index is 3.21. The Hall–Kier alpha value is -0.690. The maximum atomic E-state index is 4.25. The van der Waals surface area contributed by atoms with Crippen molar-refractivity contribution in [3.8, 4) is 0 Å². The number of allylic oxidation sites excluding steroid dienone is 1. The summed E-state index contributed by atoms with van der Waals surface area (Å²) in [5.41, 5.74) is 4.49. The molecule has 1 heteroatoms. The molecule has 0 bridgehead atoms. The molecule has 1 aromatic rings. The fraction of sp³-hybridized carbons (Fsp3) is 0.556. The predicted molar refractivity (Wildman–Crippen MR) is 89.1 cm³/mol. The van der Waals surface area contributed by atoms with Crippen LogP contribution in [-0.2, 0) is 5.41 Å². The maximum absolute atomic E-state index is 4.25. The lowest BCUT2D eigenvalue weighted by atomic mass is 9.85. The molecular weight excluding hydrogens is 248 g/mol. The topological polar surface area (TPSA) is 0 Å². The van der Waals surface area contributed by atoms with Crippen molar-refractivity contribution in [2.75, 3.05) is 0 Å². The molecular formula is C18H28S. The summed E-state index contributed by atoms with van der Waals surface area (Å²) in [4.78, 5) is 2.57. The van der Waals surface area contributed by atoms with Crippen LogP contribution in [0.15, 0.2) is 28.5 Å². The molecule has 0 aromatic heterocycles. The molecule has 106 valence electrons. The van der Waals surface area contributed by atoms with Gasteiger partial charge in [0.15, 0.2) is 0 Å². The fourth-order valence-electron chi connectivity index (χ4n) is 1.65. The van der Waals surface area contributed by atoms with Gasteiger partial charge in [0.2, 0.25) is 0 Å². The zero-order valence-corrected chi connectivity index (χ0v) is 14.6. The summed E-state index contributed by atoms with van der Waals surface area (Å²) < 4.78 is 0. The van der Waals surface area contributed by atoms with Crippen LogP contribution in [0.2, 0.25) is 0 Å². The largest absolute Gasteiger partial charge is 0.0943 e. The van der Waals surface area contributed by atoms with Crippen molar-refractivity contribution in [3.05, 3.63) is 40.3 Å². The second-order valence-corrected chi connectivity index (χ2v) is 8.58. The smallest absolute Gasteiger partial charge is 0.0153 e. The van der Waals surface area contributed by atoms with Crippen molar-refractivity contribution in [1.82, 2.24) is 0 Å². The average Bonchev–Trinajstić information content (AvgIpc) is 2.21. The molecule has 0 saturated heterocycles. The summed E-state index contributed by atoms with van der Waals surface area (Å²) in [6.45, 7) is 22.1. The van der Waals surface area contributed by atoms with Gasteiger partial charge in [0, 0.05) is 4.90 Å². The SMILES string of the molecule is C=C(Sc1cc(C(C)(C)C)cc(C)c1C)C(C)(C)C. The summed E-state index contributed by atoms with van der Waals surface area (Å²) in [5, 5.41) is 0. The summed E-state index contributed by atoms with van der Waals surface area (Å²) in [5.74, 6) is 0. The Morgan fingerprint density at radius 2 is 1.53 bits per heavy atom. The van der Waals surface area contributed by atoms with Crippen molar-refractivity contribution in [1.29, 1.82) is 0 Å². The van der Waals surface area contributed by atoms with Crippen LogP contribution >= 0.6 is 11.8 Å². The predicted octanol–water partition coefficient (Wildman–Crippen LogP) is 6.25. The monoisotopic (exact) mass is 276 g/mol. The van der Waals surface area contributed by atoms with Crippen molar-refractivity contribution < 1.29 is 0 Å². The highest BCUT2D eigenvalue weighted by Gasteiger charge is 2.20. The standard InChI is InChI=1S/C18H28S/c1-12-10-15(18(7,8)9)11-16(13(12)2)19-14(3)17(4,5)6/h10-11H,3H2,1-2,4-9H3. The number of rotatable bonds is 2. The second-order valence-electron chi connectivity index (χ2n) is 7.44. The highest BCUT2D eigenvalue weighted by molar-refractivity contribution is 8.03. The van der Waals surface area contributed by atoms with E-state index < -0.39 is 0 Å². The first kappa shape index (κ1) is 16.4. The quantitative estimate of drug-likeness (QED) is 0.575. The van der Waals surface area contributed by atoms with Crippen LogP contribution in [-0.4, -0.2) is 0 Å². The van der Waals surface area contributed by atoms with E-state index in [0.29, 0.717) is 0 Å². The Labute approximate surface area is 123 Å². The van der Waals surface area contributed by atoms with E-state index in [1.165, 1.54) is 26.5 Å². The third-order valence-corrected chi connectivity index (χ3v) is 5.06. The van der Waals surface area contributed by atoms with Gasteiger partial charge in [-0.25, -0.2) is 0 Å². The molecule has 0 saturated carbocycles. The molecule has 0 N–H and O–H groups in total. The molecule has 0 heterocycles. The summed E-state index contributed by atoms with van der Waals surface area (Å²) in [6.07, 6.45) is 0. The van der Waals surface area contributed by atoms with Crippen LogP contribution in [0.5, 0.6) is 0 Å². The molecule has 0 aliphatic rings. The average molecular weight is 276 g/mol. The second kappa shape index (κ2) is 5.36. The Morgan fingerprint density at radius 1 is 1.00 bits per heavy atom. The number of thioether (sulfide) groups is 1. The normalized spacial score (nSPS) is 12.6. The lowest BCUT2D eigenvalue weighted by Crippen LogP contribution is -2.12. The van der Waals surface area contributed by atoms with E-state index in [1.54, 1.807) is 0 Å². The minimum atomic E-state index is 0.142. The Bertz CT molecular complexity index is 482. The Morgan fingerprint density at radius 3 is 1.95 bits per heavy atom. The number of benzene rings is 1. The molecule has 0 aliphatic heterocycles. The maximum Gasteiger partial charge on any atom is 0.0153 e. The first-order valence-electron chi connectivity index (χ1n) is 6.92. The van der Waals surface area contributed by atoms with Crippen molar-refractivity contribution in [2.45, 2.75) is 65.7 Å². The minimum absolute atomic E-state index is 0.142. The molecule has 0 unspecified atom stereocenters. The molecule has 0 aliphatic carbocycles. The van der Waals surface area contributed by atoms with Gasteiger partial charge < -0.3 is 0 Å². The van der Waals surface area contributed by atoms with Gasteiger partial charge >= 0.3 is 0 Å². The van der Waals surface area contributed by atoms with Crippen molar-refractivity contribution in [3.63, 3.8) is 0 Å². The molecule has 0 atom stereocenters. The van der Waals surface area contributed by atoms with Crippen LogP contribution in [0.25, 0.3) is 0 Å². The van der Waals surface area contributed by atoms with E-state index in [0.717, 1.165) is 0 Å². The van der Waals surface area contributed by atoms with E-state index in [1.807, 2.05) is 11.8 Å². The fourth-order valence-corrected chi connectivity index (χ4v) is 2.72. The highest BCUT2D eigenvalue weighted by Crippen LogP contribution is 2.41. The van der Waals surface area contributed by atoms with E-state index >= 15 is 0 Å². The van der Waals surface area contributed by atoms with Gasteiger partial charge in [-0.15, -0.1) is 0 Å². The number of aryl methyl sites for hydroxylation is 1. The van der Waals surface area contributed by atoms with E-state index in [4.69, 9.17) is 0 Å². The zero-order valence-electron chi connectivity index (χ0n) is 13.8. The van der Waals surface area contributed by atoms with Crippen molar-refractivity contribution >= 4 is 11.8 Å². The summed E-state index contributed by atoms with van der Waals surface area (Å²) >= 11 is 1.83. The molecule has 0 spiro atoms. The van der Waals surface area contributed by atoms with Crippen LogP contribution in [0, 0.1) is 19.3 Å². The van der Waals surface area contributed by atoms with Crippen LogP contribution in [0.4, 0.5) is 0 Å². The third kappa shape index (κ3) is 4.14. The first-order valence-corrected chi connectivity index (χ1v) is 7.73. The molecule has 1 rings (SSSR count). The highest BCUT2D eigenvalue weighted by atomic mass is 32.2. The third-order valence-electron chi connectivity index (χ3n) is 3.56. The van der Waals surface area contributed by atoms with Gasteiger partial charge in [0.1, 0.15) is 0 Å². The van der Waals surface area contributed by atoms with Crippen LogP contribution in [0.1, 0.15) is 58.2 Å². The van der Waals surface area contributed by atoms with Gasteiger partial charge in [-0.2, -0.15) is 0 Å². The van der Waals surface area contributed by atoms with E-state index in [2.05, 4.69) is 74.1 Å². The van der Waals surface area contributed by atoms with E-state index in [-0.39, 0.29) is 10.8 Å². The lowest BCUT2D eigenvalue weighted by Gasteiger charge is -2.25.